The number of hydrogen-bond acceptors (Lipinski definition) is 8. The summed E-state index contributed by atoms with van der Waals surface area (Å²) in [5, 5.41) is 19.2. The summed E-state index contributed by atoms with van der Waals surface area (Å²) in [6.07, 6.45) is -2.15. The fraction of sp³-hybridized carbons (Fsp3) is 0.226. The zero-order chi connectivity index (χ0) is 32.7. The Morgan fingerprint density at radius 2 is 1.64 bits per heavy atom. The molecule has 0 spiro atoms. The third-order valence-electron chi connectivity index (χ3n) is 6.91. The second kappa shape index (κ2) is 12.1. The van der Waals surface area contributed by atoms with Crippen molar-refractivity contribution in [3.8, 4) is 45.1 Å². The Hall–Kier alpha value is -4.53. The van der Waals surface area contributed by atoms with Gasteiger partial charge in [0.25, 0.3) is 0 Å². The maximum absolute atomic E-state index is 15.1. The van der Waals surface area contributed by atoms with Gasteiger partial charge in [0.2, 0.25) is 0 Å². The number of ether oxygens (including phenoxy) is 1. The summed E-state index contributed by atoms with van der Waals surface area (Å²) in [5.74, 6) is -0.413. The summed E-state index contributed by atoms with van der Waals surface area (Å²) in [4.78, 5) is 8.72. The van der Waals surface area contributed by atoms with Crippen LogP contribution < -0.4 is 4.74 Å². The van der Waals surface area contributed by atoms with E-state index in [0.717, 1.165) is 24.5 Å². The second-order valence-corrected chi connectivity index (χ2v) is 12.2. The fourth-order valence-electron chi connectivity index (χ4n) is 4.99. The van der Waals surface area contributed by atoms with Crippen LogP contribution in [0.15, 0.2) is 70.1 Å². The van der Waals surface area contributed by atoms with Crippen LogP contribution in [0.2, 0.25) is 0 Å². The van der Waals surface area contributed by atoms with Gasteiger partial charge in [0.15, 0.2) is 21.5 Å². The van der Waals surface area contributed by atoms with E-state index < -0.39 is 34.4 Å². The molecule has 45 heavy (non-hydrogen) atoms. The van der Waals surface area contributed by atoms with Crippen LogP contribution in [0.1, 0.15) is 23.0 Å². The minimum absolute atomic E-state index is 0.0338. The van der Waals surface area contributed by atoms with Crippen LogP contribution in [0.3, 0.4) is 0 Å². The van der Waals surface area contributed by atoms with Crippen molar-refractivity contribution in [2.24, 2.45) is 0 Å². The van der Waals surface area contributed by atoms with Crippen LogP contribution in [0.4, 0.5) is 17.6 Å². The Morgan fingerprint density at radius 3 is 2.22 bits per heavy atom. The van der Waals surface area contributed by atoms with E-state index in [2.05, 4.69) is 14.7 Å². The Morgan fingerprint density at radius 1 is 0.956 bits per heavy atom. The summed E-state index contributed by atoms with van der Waals surface area (Å²) in [5.41, 5.74) is 2.55. The number of oxazole rings is 1. The van der Waals surface area contributed by atoms with Gasteiger partial charge >= 0.3 is 6.36 Å². The molecule has 0 unspecified atom stereocenters. The fourth-order valence-corrected chi connectivity index (χ4v) is 5.94. The first kappa shape index (κ1) is 31.9. The molecule has 0 atom stereocenters. The lowest BCUT2D eigenvalue weighted by atomic mass is 9.97. The highest BCUT2D eigenvalue weighted by Crippen LogP contribution is 2.40. The van der Waals surface area contributed by atoms with E-state index in [1.807, 2.05) is 0 Å². The van der Waals surface area contributed by atoms with E-state index in [9.17, 15) is 31.8 Å². The lowest BCUT2D eigenvalue weighted by Crippen LogP contribution is -2.16. The predicted octanol–water partition coefficient (Wildman–Crippen LogP) is 5.95. The molecule has 9 nitrogen and oxygen atoms in total. The van der Waals surface area contributed by atoms with Gasteiger partial charge < -0.3 is 23.9 Å². The molecular formula is C31H27F4N3O6S. The largest absolute Gasteiger partial charge is 0.573 e. The number of benzene rings is 3. The van der Waals surface area contributed by atoms with E-state index in [0.29, 0.717) is 33.9 Å². The summed E-state index contributed by atoms with van der Waals surface area (Å²) < 4.78 is 90.1. The highest BCUT2D eigenvalue weighted by Gasteiger charge is 2.31. The number of imidazole rings is 1. The molecule has 0 aliphatic carbocycles. The molecule has 14 heteroatoms. The third-order valence-corrected chi connectivity index (χ3v) is 8.07. The van der Waals surface area contributed by atoms with Crippen LogP contribution in [-0.4, -0.2) is 52.4 Å². The number of nitrogens with zero attached hydrogens (tertiary/aromatic N) is 3. The highest BCUT2D eigenvalue weighted by atomic mass is 32.2. The van der Waals surface area contributed by atoms with Crippen LogP contribution in [0.25, 0.3) is 39.4 Å². The van der Waals surface area contributed by atoms with E-state index in [1.54, 1.807) is 42.8 Å². The first-order chi connectivity index (χ1) is 21.2. The van der Waals surface area contributed by atoms with Crippen molar-refractivity contribution in [1.29, 1.82) is 0 Å². The van der Waals surface area contributed by atoms with Crippen LogP contribution in [0, 0.1) is 19.7 Å². The Bertz CT molecular complexity index is 1980. The van der Waals surface area contributed by atoms with Crippen molar-refractivity contribution in [1.82, 2.24) is 14.5 Å². The number of rotatable bonds is 9. The number of halogens is 4. The Kier molecular flexibility index (Phi) is 8.58. The molecule has 0 aliphatic heterocycles. The van der Waals surface area contributed by atoms with Gasteiger partial charge in [-0.1, -0.05) is 6.07 Å². The van der Waals surface area contributed by atoms with Crippen LogP contribution in [-0.2, 0) is 22.9 Å². The third kappa shape index (κ3) is 6.77. The quantitative estimate of drug-likeness (QED) is 0.189. The normalized spacial score (nSPS) is 12.1. The zero-order valence-electron chi connectivity index (χ0n) is 24.2. The molecule has 2 N–H and O–H groups in total. The number of alkyl halides is 3. The molecule has 0 saturated heterocycles. The van der Waals surface area contributed by atoms with E-state index in [-0.39, 0.29) is 46.4 Å². The molecule has 0 bridgehead atoms. The molecule has 236 valence electrons. The SMILES string of the molecule is Cc1cn(-c2ccc(-c3cc(F)c(CO)c(S(C)(=O)=O)c3)cc2-c2nc(CCO)oc2-c2ccc(OC(F)(F)F)cc2)c(C)n1. The smallest absolute Gasteiger partial charge is 0.440 e. The summed E-state index contributed by atoms with van der Waals surface area (Å²) in [6, 6.07) is 12.4. The van der Waals surface area contributed by atoms with Crippen molar-refractivity contribution in [3.63, 3.8) is 0 Å². The Labute approximate surface area is 255 Å². The summed E-state index contributed by atoms with van der Waals surface area (Å²) >= 11 is 0. The van der Waals surface area contributed by atoms with Gasteiger partial charge in [0, 0.05) is 35.6 Å². The zero-order valence-corrected chi connectivity index (χ0v) is 25.0. The van der Waals surface area contributed by atoms with Crippen LogP contribution >= 0.6 is 0 Å². The van der Waals surface area contributed by atoms with Gasteiger partial charge in [-0.2, -0.15) is 0 Å². The van der Waals surface area contributed by atoms with E-state index in [1.165, 1.54) is 18.2 Å². The van der Waals surface area contributed by atoms with Gasteiger partial charge in [-0.3, -0.25) is 0 Å². The molecule has 0 fully saturated rings. The molecular weight excluding hydrogens is 618 g/mol. The first-order valence-corrected chi connectivity index (χ1v) is 15.4. The molecule has 0 radical (unpaired) electrons. The standard InChI is InChI=1S/C31H27F4N3O6S/c1-17-15-38(18(2)36-17)26-9-6-20(21-13-25(32)24(16-40)27(14-21)45(3,41)42)12-23(26)29-30(43-28(37-29)10-11-39)19-4-7-22(8-5-19)44-31(33,34)35/h4-9,12-15,39-40H,10-11,16H2,1-3H3. The van der Waals surface area contributed by atoms with Gasteiger partial charge in [0.1, 0.15) is 23.1 Å². The predicted molar refractivity (Wildman–Crippen MR) is 156 cm³/mol. The second-order valence-electron chi connectivity index (χ2n) is 10.2. The van der Waals surface area contributed by atoms with E-state index >= 15 is 4.39 Å². The molecule has 2 heterocycles. The average molecular weight is 646 g/mol. The number of hydrogen-bond donors (Lipinski definition) is 2. The number of aryl methyl sites for hydroxylation is 2. The van der Waals surface area contributed by atoms with Gasteiger partial charge in [-0.15, -0.1) is 13.2 Å². The first-order valence-electron chi connectivity index (χ1n) is 13.5. The van der Waals surface area contributed by atoms with Crippen molar-refractivity contribution in [2.75, 3.05) is 12.9 Å². The maximum Gasteiger partial charge on any atom is 0.573 e. The summed E-state index contributed by atoms with van der Waals surface area (Å²) in [6.45, 7) is 2.48. The maximum atomic E-state index is 15.1. The topological polar surface area (TPSA) is 128 Å². The molecule has 5 rings (SSSR count). The lowest BCUT2D eigenvalue weighted by Gasteiger charge is -2.15. The van der Waals surface area contributed by atoms with E-state index in [4.69, 9.17) is 4.42 Å². The molecule has 0 amide bonds. The van der Waals surface area contributed by atoms with Gasteiger partial charge in [-0.05, 0) is 73.5 Å². The average Bonchev–Trinajstić information content (AvgIpc) is 3.53. The van der Waals surface area contributed by atoms with Gasteiger partial charge in [-0.25, -0.2) is 22.8 Å². The lowest BCUT2D eigenvalue weighted by molar-refractivity contribution is -0.274. The number of aromatic nitrogens is 3. The van der Waals surface area contributed by atoms with Crippen LogP contribution in [0.5, 0.6) is 5.75 Å². The van der Waals surface area contributed by atoms with Crippen molar-refractivity contribution in [3.05, 3.63) is 89.6 Å². The van der Waals surface area contributed by atoms with Gasteiger partial charge in [0.05, 0.1) is 29.5 Å². The number of aliphatic hydroxyl groups is 2. The van der Waals surface area contributed by atoms with Crippen molar-refractivity contribution < 1.29 is 45.3 Å². The minimum atomic E-state index is -4.88. The highest BCUT2D eigenvalue weighted by molar-refractivity contribution is 7.90. The van der Waals surface area contributed by atoms with Crippen molar-refractivity contribution >= 4 is 9.84 Å². The number of sulfone groups is 1. The Balaban J connectivity index is 1.76. The van der Waals surface area contributed by atoms with Crippen molar-refractivity contribution in [2.45, 2.75) is 38.1 Å². The summed E-state index contributed by atoms with van der Waals surface area (Å²) in [7, 11) is -3.92. The molecule has 0 saturated carbocycles. The molecule has 3 aromatic carbocycles. The molecule has 0 aliphatic rings. The molecule has 2 aromatic heterocycles. The monoisotopic (exact) mass is 645 g/mol. The minimum Gasteiger partial charge on any atom is -0.440 e. The molecule has 5 aromatic rings. The number of aliphatic hydroxyl groups excluding tert-OH is 2.